The summed E-state index contributed by atoms with van der Waals surface area (Å²) in [5, 5.41) is 0. The Morgan fingerprint density at radius 1 is 1.44 bits per heavy atom. The summed E-state index contributed by atoms with van der Waals surface area (Å²) in [5.41, 5.74) is 1.84. The van der Waals surface area contributed by atoms with E-state index in [0.717, 1.165) is 17.5 Å². The fourth-order valence-corrected chi connectivity index (χ4v) is 2.47. The summed E-state index contributed by atoms with van der Waals surface area (Å²) < 4.78 is 0. The molecule has 1 heterocycles. The fraction of sp³-hybridized carbons (Fsp3) is 0.385. The number of anilines is 1. The monoisotopic (exact) mass is 217 g/mol. The lowest BCUT2D eigenvalue weighted by Crippen LogP contribution is -2.42. The highest BCUT2D eigenvalue weighted by atomic mass is 16.2. The maximum absolute atomic E-state index is 11.6. The second kappa shape index (κ2) is 4.08. The van der Waals surface area contributed by atoms with E-state index in [1.807, 2.05) is 31.2 Å². The van der Waals surface area contributed by atoms with Crippen LogP contribution in [-0.2, 0) is 9.59 Å². The number of benzene rings is 1. The quantitative estimate of drug-likeness (QED) is 0.676. The summed E-state index contributed by atoms with van der Waals surface area (Å²) in [6.07, 6.45) is 1.69. The van der Waals surface area contributed by atoms with Gasteiger partial charge in [-0.25, -0.2) is 0 Å². The maximum Gasteiger partial charge on any atom is 0.224 e. The van der Waals surface area contributed by atoms with Gasteiger partial charge in [-0.05, 0) is 25.0 Å². The zero-order valence-electron chi connectivity index (χ0n) is 9.51. The summed E-state index contributed by atoms with van der Waals surface area (Å²) in [6.45, 7) is 3.54. The van der Waals surface area contributed by atoms with E-state index in [-0.39, 0.29) is 17.9 Å². The van der Waals surface area contributed by atoms with Gasteiger partial charge in [0.15, 0.2) is 0 Å². The van der Waals surface area contributed by atoms with E-state index in [1.54, 1.807) is 11.8 Å². The Morgan fingerprint density at radius 2 is 2.12 bits per heavy atom. The Hall–Kier alpha value is -1.64. The molecule has 3 nitrogen and oxygen atoms in total. The molecule has 1 aromatic rings. The highest BCUT2D eigenvalue weighted by Crippen LogP contribution is 2.37. The number of carbonyl (C=O) groups is 2. The molecule has 0 radical (unpaired) electrons. The van der Waals surface area contributed by atoms with Gasteiger partial charge in [0.05, 0.1) is 0 Å². The van der Waals surface area contributed by atoms with Gasteiger partial charge < -0.3 is 9.69 Å². The van der Waals surface area contributed by atoms with Crippen LogP contribution >= 0.6 is 0 Å². The van der Waals surface area contributed by atoms with Crippen LogP contribution in [0.15, 0.2) is 24.3 Å². The molecule has 1 amide bonds. The van der Waals surface area contributed by atoms with Gasteiger partial charge in [-0.2, -0.15) is 0 Å². The van der Waals surface area contributed by atoms with E-state index in [4.69, 9.17) is 0 Å². The Bertz CT molecular complexity index is 428. The standard InChI is InChI=1S/C13H15NO2/c1-9-7-11(8-15)12-5-3-4-6-13(12)14(9)10(2)16/h3-6,8-9,11H,7H2,1-2H3. The van der Waals surface area contributed by atoms with Gasteiger partial charge in [-0.15, -0.1) is 0 Å². The van der Waals surface area contributed by atoms with Crippen molar-refractivity contribution in [1.82, 2.24) is 0 Å². The molecule has 2 atom stereocenters. The highest BCUT2D eigenvalue weighted by molar-refractivity contribution is 5.94. The number of aldehydes is 1. The number of amides is 1. The van der Waals surface area contributed by atoms with Crippen molar-refractivity contribution in [3.63, 3.8) is 0 Å². The first kappa shape index (κ1) is 10.9. The molecule has 1 aromatic carbocycles. The third-order valence-corrected chi connectivity index (χ3v) is 3.14. The molecule has 0 fully saturated rings. The lowest BCUT2D eigenvalue weighted by molar-refractivity contribution is -0.117. The van der Waals surface area contributed by atoms with Crippen LogP contribution in [0.4, 0.5) is 5.69 Å². The second-order valence-corrected chi connectivity index (χ2v) is 4.28. The smallest absolute Gasteiger partial charge is 0.224 e. The fourth-order valence-electron chi connectivity index (χ4n) is 2.47. The first-order valence-corrected chi connectivity index (χ1v) is 5.49. The number of nitrogens with zero attached hydrogens (tertiary/aromatic N) is 1. The minimum Gasteiger partial charge on any atom is -0.310 e. The van der Waals surface area contributed by atoms with Gasteiger partial charge in [-0.1, -0.05) is 18.2 Å². The van der Waals surface area contributed by atoms with Crippen LogP contribution in [-0.4, -0.2) is 18.2 Å². The normalized spacial score (nSPS) is 23.8. The third-order valence-electron chi connectivity index (χ3n) is 3.14. The van der Waals surface area contributed by atoms with E-state index in [9.17, 15) is 9.59 Å². The summed E-state index contributed by atoms with van der Waals surface area (Å²) in [4.78, 5) is 24.4. The molecule has 2 rings (SSSR count). The predicted molar refractivity (Wildman–Crippen MR) is 62.5 cm³/mol. The van der Waals surface area contributed by atoms with Gasteiger partial charge in [0.2, 0.25) is 5.91 Å². The molecule has 0 aromatic heterocycles. The van der Waals surface area contributed by atoms with Crippen molar-refractivity contribution in [2.75, 3.05) is 4.90 Å². The lowest BCUT2D eigenvalue weighted by Gasteiger charge is -2.37. The molecule has 0 saturated heterocycles. The number of hydrogen-bond acceptors (Lipinski definition) is 2. The Balaban J connectivity index is 2.53. The molecule has 84 valence electrons. The first-order chi connectivity index (χ1) is 7.65. The van der Waals surface area contributed by atoms with Crippen LogP contribution < -0.4 is 4.90 Å². The topological polar surface area (TPSA) is 37.4 Å². The molecule has 0 bridgehead atoms. The molecule has 16 heavy (non-hydrogen) atoms. The number of fused-ring (bicyclic) bond motifs is 1. The zero-order chi connectivity index (χ0) is 11.7. The number of hydrogen-bond donors (Lipinski definition) is 0. The van der Waals surface area contributed by atoms with Crippen LogP contribution in [0.25, 0.3) is 0 Å². The zero-order valence-corrected chi connectivity index (χ0v) is 9.51. The Kier molecular flexibility index (Phi) is 2.77. The van der Waals surface area contributed by atoms with Crippen LogP contribution in [0.2, 0.25) is 0 Å². The highest BCUT2D eigenvalue weighted by Gasteiger charge is 2.31. The van der Waals surface area contributed by atoms with E-state index in [0.29, 0.717) is 6.42 Å². The minimum absolute atomic E-state index is 0.0318. The molecule has 0 saturated carbocycles. The molecule has 3 heteroatoms. The number of carbonyl (C=O) groups excluding carboxylic acids is 2. The molecule has 2 unspecified atom stereocenters. The van der Waals surface area contributed by atoms with Crippen molar-refractivity contribution < 1.29 is 9.59 Å². The molecule has 0 N–H and O–H groups in total. The van der Waals surface area contributed by atoms with Crippen molar-refractivity contribution in [3.8, 4) is 0 Å². The summed E-state index contributed by atoms with van der Waals surface area (Å²) in [5.74, 6) is -0.0499. The molecule has 1 aliphatic heterocycles. The van der Waals surface area contributed by atoms with E-state index >= 15 is 0 Å². The summed E-state index contributed by atoms with van der Waals surface area (Å²) in [6, 6.07) is 7.72. The average molecular weight is 217 g/mol. The average Bonchev–Trinajstić information content (AvgIpc) is 2.27. The first-order valence-electron chi connectivity index (χ1n) is 5.49. The van der Waals surface area contributed by atoms with Crippen molar-refractivity contribution in [2.45, 2.75) is 32.2 Å². The van der Waals surface area contributed by atoms with E-state index < -0.39 is 0 Å². The van der Waals surface area contributed by atoms with Crippen LogP contribution in [0, 0.1) is 0 Å². The second-order valence-electron chi connectivity index (χ2n) is 4.28. The van der Waals surface area contributed by atoms with Gasteiger partial charge in [0.1, 0.15) is 6.29 Å². The molecule has 0 aliphatic carbocycles. The largest absolute Gasteiger partial charge is 0.310 e. The molecule has 1 aliphatic rings. The van der Waals surface area contributed by atoms with Gasteiger partial charge in [-0.3, -0.25) is 4.79 Å². The SMILES string of the molecule is CC(=O)N1c2ccccc2C(C=O)CC1C. The van der Waals surface area contributed by atoms with E-state index in [1.165, 1.54) is 0 Å². The van der Waals surface area contributed by atoms with Crippen molar-refractivity contribution in [3.05, 3.63) is 29.8 Å². The van der Waals surface area contributed by atoms with Gasteiger partial charge >= 0.3 is 0 Å². The van der Waals surface area contributed by atoms with Gasteiger partial charge in [0, 0.05) is 24.6 Å². The molecular formula is C13H15NO2. The predicted octanol–water partition coefficient (Wildman–Crippen LogP) is 2.11. The van der Waals surface area contributed by atoms with Crippen molar-refractivity contribution >= 4 is 17.9 Å². The third kappa shape index (κ3) is 1.62. The van der Waals surface area contributed by atoms with Crippen molar-refractivity contribution in [1.29, 1.82) is 0 Å². The van der Waals surface area contributed by atoms with Crippen LogP contribution in [0.1, 0.15) is 31.7 Å². The lowest BCUT2D eigenvalue weighted by atomic mass is 9.87. The van der Waals surface area contributed by atoms with Crippen LogP contribution in [0.5, 0.6) is 0 Å². The van der Waals surface area contributed by atoms with Gasteiger partial charge in [0.25, 0.3) is 0 Å². The minimum atomic E-state index is -0.0817. The van der Waals surface area contributed by atoms with E-state index in [2.05, 4.69) is 0 Å². The molecule has 0 spiro atoms. The summed E-state index contributed by atoms with van der Waals surface area (Å²) >= 11 is 0. The number of para-hydroxylation sites is 1. The number of rotatable bonds is 1. The van der Waals surface area contributed by atoms with Crippen molar-refractivity contribution in [2.24, 2.45) is 0 Å². The van der Waals surface area contributed by atoms with Crippen LogP contribution in [0.3, 0.4) is 0 Å². The Labute approximate surface area is 95.1 Å². The Morgan fingerprint density at radius 3 is 2.75 bits per heavy atom. The summed E-state index contributed by atoms with van der Waals surface area (Å²) in [7, 11) is 0. The molecular weight excluding hydrogens is 202 g/mol. The maximum atomic E-state index is 11.6.